The van der Waals surface area contributed by atoms with E-state index in [-0.39, 0.29) is 24.0 Å². The first-order valence-electron chi connectivity index (χ1n) is 6.62. The summed E-state index contributed by atoms with van der Waals surface area (Å²) >= 11 is 3.26. The average Bonchev–Trinajstić information content (AvgIpc) is 2.87. The van der Waals surface area contributed by atoms with E-state index in [9.17, 15) is 9.18 Å². The summed E-state index contributed by atoms with van der Waals surface area (Å²) in [5, 5.41) is 9.80. The van der Waals surface area contributed by atoms with E-state index in [2.05, 4.69) is 31.7 Å². The molecule has 2 N–H and O–H groups in total. The number of carbonyl (C=O) groups excluding carboxylic acids is 1. The number of benzene rings is 1. The first-order valence-corrected chi connectivity index (χ1v) is 7.41. The number of aromatic nitrogens is 2. The van der Waals surface area contributed by atoms with Gasteiger partial charge in [0, 0.05) is 12.7 Å². The van der Waals surface area contributed by atoms with Gasteiger partial charge in [-0.3, -0.25) is 9.48 Å². The zero-order valence-corrected chi connectivity index (χ0v) is 12.8. The van der Waals surface area contributed by atoms with Gasteiger partial charge in [-0.25, -0.2) is 4.39 Å². The number of amides is 1. The zero-order valence-electron chi connectivity index (χ0n) is 11.2. The first-order chi connectivity index (χ1) is 10.1. The van der Waals surface area contributed by atoms with Crippen molar-refractivity contribution >= 4 is 27.5 Å². The molecule has 21 heavy (non-hydrogen) atoms. The van der Waals surface area contributed by atoms with Gasteiger partial charge in [0.1, 0.15) is 12.4 Å². The van der Waals surface area contributed by atoms with Crippen LogP contribution >= 0.6 is 15.9 Å². The summed E-state index contributed by atoms with van der Waals surface area (Å²) in [5.41, 5.74) is 1.87. The molecule has 7 heteroatoms. The summed E-state index contributed by atoms with van der Waals surface area (Å²) in [7, 11) is 0. The Hall–Kier alpha value is -1.73. The normalized spacial score (nSPS) is 13.8. The zero-order chi connectivity index (χ0) is 14.8. The van der Waals surface area contributed by atoms with Crippen LogP contribution in [0, 0.1) is 5.82 Å². The van der Waals surface area contributed by atoms with E-state index in [1.54, 1.807) is 18.5 Å². The lowest BCUT2D eigenvalue weighted by Gasteiger charge is -2.19. The number of anilines is 1. The molecule has 0 unspecified atom stereocenters. The van der Waals surface area contributed by atoms with Crippen molar-refractivity contribution in [3.63, 3.8) is 0 Å². The molecule has 0 saturated carbocycles. The van der Waals surface area contributed by atoms with Crippen LogP contribution in [-0.4, -0.2) is 22.2 Å². The summed E-state index contributed by atoms with van der Waals surface area (Å²) in [5.74, 6) is -0.637. The Bertz CT molecular complexity index is 686. The van der Waals surface area contributed by atoms with Crippen LogP contribution in [0.25, 0.3) is 0 Å². The standard InChI is InChI=1S/C14H14BrFN4O/c15-10-6-18-20(7-10)8-13(21)19-12-2-1-9-5-17-4-3-11(9)14(12)16/h1-2,6-7,17H,3-5,8H2,(H,19,21). The van der Waals surface area contributed by atoms with Gasteiger partial charge in [-0.1, -0.05) is 6.07 Å². The highest BCUT2D eigenvalue weighted by molar-refractivity contribution is 9.10. The van der Waals surface area contributed by atoms with Crippen LogP contribution in [0.1, 0.15) is 11.1 Å². The fraction of sp³-hybridized carbons (Fsp3) is 0.286. The summed E-state index contributed by atoms with van der Waals surface area (Å²) in [6, 6.07) is 3.46. The van der Waals surface area contributed by atoms with Crippen molar-refractivity contribution in [3.05, 3.63) is 45.9 Å². The molecule has 0 fully saturated rings. The van der Waals surface area contributed by atoms with Gasteiger partial charge in [-0.05, 0) is 46.1 Å². The fourth-order valence-electron chi connectivity index (χ4n) is 2.39. The van der Waals surface area contributed by atoms with Crippen LogP contribution in [0.15, 0.2) is 29.0 Å². The molecular formula is C14H14BrFN4O. The van der Waals surface area contributed by atoms with Crippen molar-refractivity contribution < 1.29 is 9.18 Å². The lowest BCUT2D eigenvalue weighted by atomic mass is 9.99. The van der Waals surface area contributed by atoms with E-state index >= 15 is 0 Å². The minimum atomic E-state index is -0.330. The number of fused-ring (bicyclic) bond motifs is 1. The minimum absolute atomic E-state index is 0.0453. The highest BCUT2D eigenvalue weighted by Crippen LogP contribution is 2.24. The maximum atomic E-state index is 14.4. The van der Waals surface area contributed by atoms with Gasteiger partial charge in [0.25, 0.3) is 0 Å². The van der Waals surface area contributed by atoms with Crippen molar-refractivity contribution in [2.24, 2.45) is 0 Å². The van der Waals surface area contributed by atoms with Crippen molar-refractivity contribution in [1.82, 2.24) is 15.1 Å². The SMILES string of the molecule is O=C(Cn1cc(Br)cn1)Nc1ccc2c(c1F)CCNC2. The molecule has 110 valence electrons. The van der Waals surface area contributed by atoms with Gasteiger partial charge in [-0.2, -0.15) is 5.10 Å². The summed E-state index contributed by atoms with van der Waals surface area (Å²) in [6.07, 6.45) is 3.92. The maximum Gasteiger partial charge on any atom is 0.246 e. The molecule has 0 spiro atoms. The Kier molecular flexibility index (Phi) is 4.03. The molecule has 1 amide bonds. The third-order valence-electron chi connectivity index (χ3n) is 3.39. The first kappa shape index (κ1) is 14.2. The molecule has 1 aromatic heterocycles. The molecule has 2 heterocycles. The Morgan fingerprint density at radius 2 is 2.38 bits per heavy atom. The maximum absolute atomic E-state index is 14.4. The third kappa shape index (κ3) is 3.14. The molecular weight excluding hydrogens is 339 g/mol. The van der Waals surface area contributed by atoms with E-state index in [0.717, 1.165) is 16.6 Å². The molecule has 0 aliphatic carbocycles. The van der Waals surface area contributed by atoms with Gasteiger partial charge in [0.15, 0.2) is 0 Å². The Balaban J connectivity index is 1.74. The molecule has 0 atom stereocenters. The Morgan fingerprint density at radius 1 is 1.52 bits per heavy atom. The molecule has 3 rings (SSSR count). The van der Waals surface area contributed by atoms with Crippen LogP contribution in [0.2, 0.25) is 0 Å². The average molecular weight is 353 g/mol. The van der Waals surface area contributed by atoms with E-state index in [0.29, 0.717) is 18.5 Å². The van der Waals surface area contributed by atoms with Gasteiger partial charge in [-0.15, -0.1) is 0 Å². The van der Waals surface area contributed by atoms with E-state index in [1.165, 1.54) is 4.68 Å². The van der Waals surface area contributed by atoms with Crippen molar-refractivity contribution in [2.45, 2.75) is 19.5 Å². The molecule has 0 bridgehead atoms. The highest BCUT2D eigenvalue weighted by atomic mass is 79.9. The minimum Gasteiger partial charge on any atom is -0.322 e. The van der Waals surface area contributed by atoms with E-state index in [4.69, 9.17) is 0 Å². The quantitative estimate of drug-likeness (QED) is 0.888. The number of hydrogen-bond donors (Lipinski definition) is 2. The number of hydrogen-bond acceptors (Lipinski definition) is 3. The predicted octanol–water partition coefficient (Wildman–Crippen LogP) is 2.07. The molecule has 0 saturated heterocycles. The van der Waals surface area contributed by atoms with Crippen LogP contribution in [-0.2, 0) is 24.3 Å². The van der Waals surface area contributed by atoms with Crippen LogP contribution in [0.4, 0.5) is 10.1 Å². The van der Waals surface area contributed by atoms with Crippen molar-refractivity contribution in [3.8, 4) is 0 Å². The smallest absolute Gasteiger partial charge is 0.246 e. The largest absolute Gasteiger partial charge is 0.322 e. The lowest BCUT2D eigenvalue weighted by molar-refractivity contribution is -0.116. The van der Waals surface area contributed by atoms with Gasteiger partial charge >= 0.3 is 0 Å². The monoisotopic (exact) mass is 352 g/mol. The Labute approximate surface area is 129 Å². The van der Waals surface area contributed by atoms with Crippen molar-refractivity contribution in [1.29, 1.82) is 0 Å². The molecule has 5 nitrogen and oxygen atoms in total. The Morgan fingerprint density at radius 3 is 3.14 bits per heavy atom. The number of nitrogens with zero attached hydrogens (tertiary/aromatic N) is 2. The summed E-state index contributed by atoms with van der Waals surface area (Å²) in [4.78, 5) is 11.9. The van der Waals surface area contributed by atoms with E-state index in [1.807, 2.05) is 6.07 Å². The third-order valence-corrected chi connectivity index (χ3v) is 3.80. The highest BCUT2D eigenvalue weighted by Gasteiger charge is 2.17. The van der Waals surface area contributed by atoms with E-state index < -0.39 is 0 Å². The second-order valence-corrected chi connectivity index (χ2v) is 5.81. The number of nitrogens with one attached hydrogen (secondary N) is 2. The predicted molar refractivity (Wildman–Crippen MR) is 80.4 cm³/mol. The fourth-order valence-corrected chi connectivity index (χ4v) is 2.72. The molecule has 1 aromatic carbocycles. The summed E-state index contributed by atoms with van der Waals surface area (Å²) in [6.45, 7) is 1.47. The molecule has 1 aliphatic heterocycles. The molecule has 1 aliphatic rings. The van der Waals surface area contributed by atoms with Crippen molar-refractivity contribution in [2.75, 3.05) is 11.9 Å². The second kappa shape index (κ2) is 5.95. The molecule has 2 aromatic rings. The topological polar surface area (TPSA) is 59.0 Å². The van der Waals surface area contributed by atoms with Crippen LogP contribution in [0.5, 0.6) is 0 Å². The van der Waals surface area contributed by atoms with Crippen LogP contribution in [0.3, 0.4) is 0 Å². The van der Waals surface area contributed by atoms with Gasteiger partial charge in [0.2, 0.25) is 5.91 Å². The van der Waals surface area contributed by atoms with Gasteiger partial charge < -0.3 is 10.6 Å². The lowest BCUT2D eigenvalue weighted by Crippen LogP contribution is -2.25. The van der Waals surface area contributed by atoms with Gasteiger partial charge in [0.05, 0.1) is 16.4 Å². The molecule has 0 radical (unpaired) electrons. The second-order valence-electron chi connectivity index (χ2n) is 4.90. The number of halogens is 2. The summed E-state index contributed by atoms with van der Waals surface area (Å²) < 4.78 is 16.7. The number of carbonyl (C=O) groups is 1. The number of rotatable bonds is 3. The van der Waals surface area contributed by atoms with Crippen LogP contribution < -0.4 is 10.6 Å².